The van der Waals surface area contributed by atoms with Gasteiger partial charge < -0.3 is 35.2 Å². The van der Waals surface area contributed by atoms with Crippen molar-refractivity contribution in [2.45, 2.75) is 100 Å². The van der Waals surface area contributed by atoms with Crippen LogP contribution in [0.2, 0.25) is 0 Å². The molecule has 302 valence electrons. The third kappa shape index (κ3) is 6.84. The molecule has 10 rings (SSSR count). The largest absolute Gasteiger partial charge is 0.507 e. The van der Waals surface area contributed by atoms with Crippen LogP contribution in [0.1, 0.15) is 87.3 Å². The van der Waals surface area contributed by atoms with Crippen molar-refractivity contribution in [3.05, 3.63) is 72.1 Å². The number of rotatable bonds is 7. The zero-order valence-corrected chi connectivity index (χ0v) is 32.9. The average Bonchev–Trinajstić information content (AvgIpc) is 3.52. The maximum absolute atomic E-state index is 12.8. The molecule has 58 heavy (non-hydrogen) atoms. The zero-order valence-electron chi connectivity index (χ0n) is 32.9. The Morgan fingerprint density at radius 2 is 1.57 bits per heavy atom. The molecule has 2 aromatic heterocycles. The van der Waals surface area contributed by atoms with E-state index in [1.165, 1.54) is 18.4 Å². The van der Waals surface area contributed by atoms with Crippen LogP contribution in [-0.2, 0) is 9.59 Å². The maximum Gasteiger partial charge on any atom is 0.249 e. The van der Waals surface area contributed by atoms with Gasteiger partial charge in [0, 0.05) is 61.0 Å². The Hall–Kier alpha value is -5.50. The summed E-state index contributed by atoms with van der Waals surface area (Å²) in [5, 5.41) is 21.5. The minimum Gasteiger partial charge on any atom is -0.507 e. The van der Waals surface area contributed by atoms with E-state index in [-0.39, 0.29) is 35.7 Å². The van der Waals surface area contributed by atoms with E-state index >= 15 is 0 Å². The lowest BCUT2D eigenvalue weighted by Gasteiger charge is -2.43. The van der Waals surface area contributed by atoms with Crippen LogP contribution < -0.4 is 30.5 Å². The number of piperazine rings is 1. The lowest BCUT2D eigenvalue weighted by molar-refractivity contribution is -0.134. The average molecular weight is 785 g/mol. The number of piperidine rings is 2. The molecule has 3 atom stereocenters. The van der Waals surface area contributed by atoms with E-state index in [4.69, 9.17) is 20.4 Å². The fourth-order valence-electron chi connectivity index (χ4n) is 10.8. The predicted octanol–water partition coefficient (Wildman–Crippen LogP) is 4.99. The highest BCUT2D eigenvalue weighted by molar-refractivity contribution is 6.02. The van der Waals surface area contributed by atoms with Gasteiger partial charge in [0.2, 0.25) is 17.8 Å². The van der Waals surface area contributed by atoms with Crippen molar-refractivity contribution < 1.29 is 19.4 Å². The van der Waals surface area contributed by atoms with Crippen molar-refractivity contribution in [2.75, 3.05) is 59.8 Å². The second kappa shape index (κ2) is 15.3. The first-order valence-electron chi connectivity index (χ1n) is 21.3. The van der Waals surface area contributed by atoms with E-state index in [0.717, 1.165) is 93.5 Å². The van der Waals surface area contributed by atoms with Crippen LogP contribution in [0.25, 0.3) is 11.3 Å². The lowest BCUT2D eigenvalue weighted by atomic mass is 9.79. The molecule has 6 aliphatic rings. The van der Waals surface area contributed by atoms with Crippen LogP contribution in [0.4, 0.5) is 23.1 Å². The van der Waals surface area contributed by atoms with Gasteiger partial charge in [0.25, 0.3) is 0 Å². The lowest BCUT2D eigenvalue weighted by Crippen LogP contribution is -2.54. The number of hydrogen-bond donors (Lipinski definition) is 3. The predicted molar refractivity (Wildman–Crippen MR) is 221 cm³/mol. The summed E-state index contributed by atoms with van der Waals surface area (Å²) in [4.78, 5) is 44.3. The molecule has 4 saturated heterocycles. The molecule has 14 nitrogen and oxygen atoms in total. The number of fused-ring (bicyclic) bond motifs is 3. The molecule has 0 unspecified atom stereocenters. The van der Waals surface area contributed by atoms with E-state index in [1.54, 1.807) is 12.1 Å². The number of aromatic nitrogens is 4. The second-order valence-electron chi connectivity index (χ2n) is 17.0. The highest BCUT2D eigenvalue weighted by Gasteiger charge is 2.43. The van der Waals surface area contributed by atoms with Crippen LogP contribution in [0.3, 0.4) is 0 Å². The van der Waals surface area contributed by atoms with Gasteiger partial charge in [-0.2, -0.15) is 0 Å². The van der Waals surface area contributed by atoms with Gasteiger partial charge in [0.15, 0.2) is 5.82 Å². The van der Waals surface area contributed by atoms with Crippen LogP contribution in [-0.4, -0.2) is 105 Å². The first-order chi connectivity index (χ1) is 28.4. The summed E-state index contributed by atoms with van der Waals surface area (Å²) in [5.74, 6) is 2.80. The van der Waals surface area contributed by atoms with Gasteiger partial charge in [-0.25, -0.2) is 9.97 Å². The summed E-state index contributed by atoms with van der Waals surface area (Å²) in [5.41, 5.74) is 11.9. The molecule has 14 heteroatoms. The summed E-state index contributed by atoms with van der Waals surface area (Å²) in [6.45, 7) is 4.94. The number of likely N-dealkylation sites (tertiary alicyclic amines) is 1. The normalized spacial score (nSPS) is 26.6. The van der Waals surface area contributed by atoms with Gasteiger partial charge in [0.05, 0.1) is 23.6 Å². The Bertz CT molecular complexity index is 2170. The van der Waals surface area contributed by atoms with Crippen LogP contribution >= 0.6 is 0 Å². The molecular weight excluding hydrogens is 733 g/mol. The van der Waals surface area contributed by atoms with E-state index < -0.39 is 0 Å². The van der Waals surface area contributed by atoms with Crippen LogP contribution in [0.5, 0.6) is 11.5 Å². The Kier molecular flexibility index (Phi) is 9.74. The third-order valence-electron chi connectivity index (χ3n) is 13.8. The Morgan fingerprint density at radius 3 is 2.34 bits per heavy atom. The van der Waals surface area contributed by atoms with Gasteiger partial charge >= 0.3 is 0 Å². The molecule has 4 N–H and O–H groups in total. The molecule has 2 aromatic carbocycles. The number of amides is 2. The molecule has 1 saturated carbocycles. The quantitative estimate of drug-likeness (QED) is 0.215. The number of phenolic OH excluding ortho intramolecular Hbond substituents is 1. The fourth-order valence-corrected chi connectivity index (χ4v) is 10.8. The van der Waals surface area contributed by atoms with Crippen molar-refractivity contribution in [1.29, 1.82) is 0 Å². The molecule has 4 aromatic rings. The van der Waals surface area contributed by atoms with E-state index in [2.05, 4.69) is 59.4 Å². The number of para-hydroxylation sites is 2. The van der Waals surface area contributed by atoms with Crippen LogP contribution in [0.15, 0.2) is 60.8 Å². The van der Waals surface area contributed by atoms with Crippen molar-refractivity contribution in [1.82, 2.24) is 30.4 Å². The number of imide groups is 1. The third-order valence-corrected chi connectivity index (χ3v) is 13.8. The Labute approximate surface area is 338 Å². The number of nitrogens with two attached hydrogens (primary N) is 1. The molecule has 7 heterocycles. The molecule has 2 bridgehead atoms. The standard InChI is InChI=1S/C44H52N10O4/c45-42-38(24-35(49-50-42)33-4-1-2-7-39(33)55)52-25-30-12-13-31(26-52)54(30)44-46-19-16-34(47-44)28-17-20-51(21-18-28)29-10-8-27(9-11-29)32-5-3-6-36-41(32)58-23-22-53(36)37-14-15-40(56)48-43(37)57/h1-7,16,19,24,27-31,37,55H,8-15,17-18,20-23,25-26H2,(H2,45,50)(H,48,56,57)/t27?,29?,30-,31+,37-/m0/s1. The monoisotopic (exact) mass is 784 g/mol. The summed E-state index contributed by atoms with van der Waals surface area (Å²) >= 11 is 0. The second-order valence-corrected chi connectivity index (χ2v) is 17.0. The molecule has 0 spiro atoms. The van der Waals surface area contributed by atoms with E-state index in [9.17, 15) is 14.7 Å². The van der Waals surface area contributed by atoms with Crippen molar-refractivity contribution in [3.63, 3.8) is 0 Å². The number of benzene rings is 2. The summed E-state index contributed by atoms with van der Waals surface area (Å²) in [6, 6.07) is 18.4. The van der Waals surface area contributed by atoms with Crippen molar-refractivity contribution in [2.24, 2.45) is 0 Å². The van der Waals surface area contributed by atoms with Gasteiger partial charge in [-0.3, -0.25) is 14.9 Å². The first kappa shape index (κ1) is 36.8. The number of nitrogens with one attached hydrogen (secondary N) is 1. The van der Waals surface area contributed by atoms with Gasteiger partial charge in [-0.1, -0.05) is 24.3 Å². The molecule has 5 fully saturated rings. The number of anilines is 4. The zero-order chi connectivity index (χ0) is 39.3. The Morgan fingerprint density at radius 1 is 0.793 bits per heavy atom. The Balaban J connectivity index is 0.753. The first-order valence-corrected chi connectivity index (χ1v) is 21.3. The number of carbonyl (C=O) groups is 2. The van der Waals surface area contributed by atoms with Crippen molar-refractivity contribution in [3.8, 4) is 22.8 Å². The minimum atomic E-state index is -0.335. The SMILES string of the molecule is Nc1nnc(-c2ccccc2O)cc1N1C[C@H]2CC[C@@H](C1)N2c1nccc(C2CCN(C3CCC(c4cccc5c4OCCN5[C@H]4CCC(=O)NC4=O)CC3)CC2)n1. The van der Waals surface area contributed by atoms with Gasteiger partial charge in [-0.05, 0) is 113 Å². The summed E-state index contributed by atoms with van der Waals surface area (Å²) in [6.07, 6.45) is 11.8. The number of carbonyl (C=O) groups excluding carboxylic acids is 2. The van der Waals surface area contributed by atoms with Gasteiger partial charge in [-0.15, -0.1) is 10.2 Å². The number of ether oxygens (including phenoxy) is 1. The highest BCUT2D eigenvalue weighted by Crippen LogP contribution is 2.46. The highest BCUT2D eigenvalue weighted by atomic mass is 16.5. The maximum atomic E-state index is 12.8. The van der Waals surface area contributed by atoms with Gasteiger partial charge in [0.1, 0.15) is 24.1 Å². The smallest absolute Gasteiger partial charge is 0.249 e. The van der Waals surface area contributed by atoms with E-state index in [1.807, 2.05) is 24.4 Å². The number of nitrogen functional groups attached to an aromatic ring is 1. The molecule has 2 amide bonds. The minimum absolute atomic E-state index is 0.170. The summed E-state index contributed by atoms with van der Waals surface area (Å²) < 4.78 is 6.31. The number of nitrogens with zero attached hydrogens (tertiary/aromatic N) is 8. The number of phenols is 1. The van der Waals surface area contributed by atoms with Crippen molar-refractivity contribution >= 4 is 35.0 Å². The number of aromatic hydroxyl groups is 1. The topological polar surface area (TPSA) is 166 Å². The van der Waals surface area contributed by atoms with E-state index in [0.29, 0.717) is 60.9 Å². The number of hydrogen-bond acceptors (Lipinski definition) is 13. The summed E-state index contributed by atoms with van der Waals surface area (Å²) in [7, 11) is 0. The molecule has 0 radical (unpaired) electrons. The van der Waals surface area contributed by atoms with Crippen LogP contribution in [0, 0.1) is 0 Å². The molecule has 5 aliphatic heterocycles. The molecule has 1 aliphatic carbocycles. The molecular formula is C44H52N10O4. The fraction of sp³-hybridized carbons (Fsp3) is 0.500.